The van der Waals surface area contributed by atoms with Crippen molar-refractivity contribution in [2.45, 2.75) is 50.7 Å². The second-order valence-corrected chi connectivity index (χ2v) is 13.5. The smallest absolute Gasteiger partial charge is 0.264 e. The summed E-state index contributed by atoms with van der Waals surface area (Å²) in [6, 6.07) is 28.1. The van der Waals surface area contributed by atoms with E-state index in [1.807, 2.05) is 75.4 Å². The molecule has 1 N–H and O–H groups in total. The summed E-state index contributed by atoms with van der Waals surface area (Å²) in [5.74, 6) is -0.927. The fourth-order valence-corrected chi connectivity index (χ4v) is 6.62. The molecule has 0 saturated carbocycles. The van der Waals surface area contributed by atoms with Crippen LogP contribution < -0.4 is 9.62 Å². The molecule has 0 saturated heterocycles. The van der Waals surface area contributed by atoms with Gasteiger partial charge in [0.05, 0.1) is 15.6 Å². The predicted octanol–water partition coefficient (Wildman–Crippen LogP) is 6.66. The van der Waals surface area contributed by atoms with Crippen molar-refractivity contribution in [3.8, 4) is 0 Å². The number of sulfonamides is 1. The Bertz CT molecular complexity index is 1680. The lowest BCUT2D eigenvalue weighted by atomic mass is 10.0. The molecule has 0 aliphatic carbocycles. The average Bonchev–Trinajstić information content (AvgIpc) is 3.00. The number of anilines is 1. The van der Waals surface area contributed by atoms with Crippen LogP contribution in [0, 0.1) is 6.92 Å². The highest BCUT2D eigenvalue weighted by molar-refractivity contribution is 7.92. The van der Waals surface area contributed by atoms with Crippen LogP contribution in [0.5, 0.6) is 0 Å². The van der Waals surface area contributed by atoms with Gasteiger partial charge in [-0.3, -0.25) is 13.9 Å². The maximum Gasteiger partial charge on any atom is 0.264 e. The van der Waals surface area contributed by atoms with E-state index in [9.17, 15) is 18.0 Å². The van der Waals surface area contributed by atoms with Gasteiger partial charge in [0.2, 0.25) is 11.8 Å². The van der Waals surface area contributed by atoms with Crippen LogP contribution in [0.2, 0.25) is 10.0 Å². The Kier molecular flexibility index (Phi) is 11.1. The molecule has 0 aromatic heterocycles. The standard InChI is InChI=1S/C34H35Cl2N3O4S/c1-24(2)37-34(41)32(20-26-10-6-4-7-11-26)38(22-27-16-14-25(3)15-17-27)33(40)23-39(31-21-28(35)18-19-30(31)36)44(42,43)29-12-8-5-9-13-29/h4-19,21,24,32H,20,22-23H2,1-3H3,(H,37,41). The van der Waals surface area contributed by atoms with Crippen LogP contribution in [0.25, 0.3) is 0 Å². The average molecular weight is 653 g/mol. The number of carbonyl (C=O) groups excluding carboxylic acids is 2. The van der Waals surface area contributed by atoms with E-state index in [1.165, 1.54) is 29.2 Å². The summed E-state index contributed by atoms with van der Waals surface area (Å²) < 4.78 is 29.1. The predicted molar refractivity (Wildman–Crippen MR) is 176 cm³/mol. The first-order valence-electron chi connectivity index (χ1n) is 14.2. The number of hydrogen-bond donors (Lipinski definition) is 1. The normalized spacial score (nSPS) is 12.0. The highest BCUT2D eigenvalue weighted by Crippen LogP contribution is 2.33. The first-order chi connectivity index (χ1) is 21.0. The summed E-state index contributed by atoms with van der Waals surface area (Å²) in [6.45, 7) is 5.11. The summed E-state index contributed by atoms with van der Waals surface area (Å²) in [6.07, 6.45) is 0.223. The highest BCUT2D eigenvalue weighted by Gasteiger charge is 2.35. The summed E-state index contributed by atoms with van der Waals surface area (Å²) in [4.78, 5) is 29.6. The van der Waals surface area contributed by atoms with Crippen molar-refractivity contribution in [2.75, 3.05) is 10.8 Å². The summed E-state index contributed by atoms with van der Waals surface area (Å²) >= 11 is 12.8. The van der Waals surface area contributed by atoms with E-state index in [-0.39, 0.29) is 45.5 Å². The van der Waals surface area contributed by atoms with Gasteiger partial charge in [0.1, 0.15) is 12.6 Å². The van der Waals surface area contributed by atoms with Crippen molar-refractivity contribution >= 4 is 50.7 Å². The van der Waals surface area contributed by atoms with E-state index >= 15 is 0 Å². The molecule has 230 valence electrons. The number of carbonyl (C=O) groups is 2. The number of hydrogen-bond acceptors (Lipinski definition) is 4. The van der Waals surface area contributed by atoms with E-state index in [0.29, 0.717) is 0 Å². The second kappa shape index (κ2) is 14.8. The summed E-state index contributed by atoms with van der Waals surface area (Å²) in [7, 11) is -4.28. The molecule has 1 atom stereocenters. The number of benzene rings is 4. The number of halogens is 2. The van der Waals surface area contributed by atoms with Gasteiger partial charge in [0.25, 0.3) is 10.0 Å². The molecule has 44 heavy (non-hydrogen) atoms. The van der Waals surface area contributed by atoms with Crippen LogP contribution in [0.4, 0.5) is 5.69 Å². The quantitative estimate of drug-likeness (QED) is 0.186. The molecule has 0 fully saturated rings. The highest BCUT2D eigenvalue weighted by atomic mass is 35.5. The number of aryl methyl sites for hydroxylation is 1. The molecule has 1 unspecified atom stereocenters. The van der Waals surface area contributed by atoms with Crippen molar-refractivity contribution in [1.29, 1.82) is 0 Å². The van der Waals surface area contributed by atoms with Gasteiger partial charge in [-0.15, -0.1) is 0 Å². The third kappa shape index (κ3) is 8.40. The zero-order valence-corrected chi connectivity index (χ0v) is 27.1. The van der Waals surface area contributed by atoms with Gasteiger partial charge in [-0.05, 0) is 62.2 Å². The minimum Gasteiger partial charge on any atom is -0.352 e. The zero-order valence-electron chi connectivity index (χ0n) is 24.8. The van der Waals surface area contributed by atoms with Crippen molar-refractivity contribution in [1.82, 2.24) is 10.2 Å². The molecule has 0 bridgehead atoms. The van der Waals surface area contributed by atoms with Crippen LogP contribution in [0.15, 0.2) is 108 Å². The largest absolute Gasteiger partial charge is 0.352 e. The summed E-state index contributed by atoms with van der Waals surface area (Å²) in [5, 5.41) is 3.30. The molecule has 7 nitrogen and oxygen atoms in total. The Morgan fingerprint density at radius 1 is 0.818 bits per heavy atom. The third-order valence-electron chi connectivity index (χ3n) is 6.96. The minimum atomic E-state index is -4.28. The second-order valence-electron chi connectivity index (χ2n) is 10.8. The molecule has 0 aliphatic rings. The molecule has 4 rings (SSSR count). The first kappa shape index (κ1) is 33.1. The fourth-order valence-electron chi connectivity index (χ4n) is 4.73. The Labute approximate surface area is 269 Å². The van der Waals surface area contributed by atoms with Crippen LogP contribution >= 0.6 is 23.2 Å². The van der Waals surface area contributed by atoms with Crippen molar-refractivity contribution in [3.05, 3.63) is 130 Å². The van der Waals surface area contributed by atoms with Gasteiger partial charge in [0, 0.05) is 24.0 Å². The maximum absolute atomic E-state index is 14.5. The first-order valence-corrected chi connectivity index (χ1v) is 16.4. The van der Waals surface area contributed by atoms with Gasteiger partial charge < -0.3 is 10.2 Å². The number of rotatable bonds is 12. The lowest BCUT2D eigenvalue weighted by Gasteiger charge is -2.34. The summed E-state index contributed by atoms with van der Waals surface area (Å²) in [5.41, 5.74) is 2.74. The lowest BCUT2D eigenvalue weighted by Crippen LogP contribution is -2.54. The van der Waals surface area contributed by atoms with Crippen molar-refractivity contribution in [3.63, 3.8) is 0 Å². The van der Waals surface area contributed by atoms with Crippen LogP contribution in [-0.4, -0.2) is 43.8 Å². The Morgan fingerprint density at radius 2 is 1.43 bits per heavy atom. The van der Waals surface area contributed by atoms with E-state index in [2.05, 4.69) is 5.32 Å². The molecule has 4 aromatic carbocycles. The van der Waals surface area contributed by atoms with E-state index in [1.54, 1.807) is 24.3 Å². The minimum absolute atomic E-state index is 0.0210. The SMILES string of the molecule is Cc1ccc(CN(C(=O)CN(c2cc(Cl)ccc2Cl)S(=O)(=O)c2ccccc2)C(Cc2ccccc2)C(=O)NC(C)C)cc1. The topological polar surface area (TPSA) is 86.8 Å². The molecule has 2 amide bonds. The third-order valence-corrected chi connectivity index (χ3v) is 9.29. The van der Waals surface area contributed by atoms with Gasteiger partial charge in [-0.2, -0.15) is 0 Å². The lowest BCUT2D eigenvalue weighted by molar-refractivity contribution is -0.140. The molecule has 0 aliphatic heterocycles. The van der Waals surface area contributed by atoms with Crippen LogP contribution in [-0.2, 0) is 32.6 Å². The molecule has 10 heteroatoms. The molecule has 4 aromatic rings. The van der Waals surface area contributed by atoms with Gasteiger partial charge in [0.15, 0.2) is 0 Å². The number of nitrogens with zero attached hydrogens (tertiary/aromatic N) is 2. The van der Waals surface area contributed by atoms with Crippen LogP contribution in [0.1, 0.15) is 30.5 Å². The molecule has 0 spiro atoms. The van der Waals surface area contributed by atoms with Crippen LogP contribution in [0.3, 0.4) is 0 Å². The number of nitrogens with one attached hydrogen (secondary N) is 1. The Balaban J connectivity index is 1.82. The maximum atomic E-state index is 14.5. The van der Waals surface area contributed by atoms with Crippen molar-refractivity contribution in [2.24, 2.45) is 0 Å². The molecule has 0 heterocycles. The van der Waals surface area contributed by atoms with E-state index < -0.39 is 28.5 Å². The van der Waals surface area contributed by atoms with Gasteiger partial charge >= 0.3 is 0 Å². The van der Waals surface area contributed by atoms with E-state index in [0.717, 1.165) is 21.0 Å². The molecular weight excluding hydrogens is 617 g/mol. The fraction of sp³-hybridized carbons (Fsp3) is 0.235. The Hall–Kier alpha value is -3.85. The van der Waals surface area contributed by atoms with Gasteiger partial charge in [-0.25, -0.2) is 8.42 Å². The number of amides is 2. The van der Waals surface area contributed by atoms with E-state index in [4.69, 9.17) is 23.2 Å². The van der Waals surface area contributed by atoms with Crippen molar-refractivity contribution < 1.29 is 18.0 Å². The zero-order chi connectivity index (χ0) is 31.9. The van der Waals surface area contributed by atoms with Gasteiger partial charge in [-0.1, -0.05) is 102 Å². The molecule has 0 radical (unpaired) electrons. The molecular formula is C34H35Cl2N3O4S. The monoisotopic (exact) mass is 651 g/mol. The Morgan fingerprint density at radius 3 is 2.05 bits per heavy atom.